The van der Waals surface area contributed by atoms with Crippen LogP contribution in [0.2, 0.25) is 0 Å². The van der Waals surface area contributed by atoms with E-state index in [1.165, 1.54) is 10.9 Å². The molecule has 4 heteroatoms. The van der Waals surface area contributed by atoms with Crippen molar-refractivity contribution in [1.29, 1.82) is 0 Å². The predicted octanol–water partition coefficient (Wildman–Crippen LogP) is 5.26. The van der Waals surface area contributed by atoms with Crippen LogP contribution >= 0.6 is 0 Å². The van der Waals surface area contributed by atoms with E-state index in [0.717, 1.165) is 42.6 Å². The maximum atomic E-state index is 11.3. The monoisotopic (exact) mass is 348 g/mol. The van der Waals surface area contributed by atoms with Crippen LogP contribution in [0.3, 0.4) is 0 Å². The Balaban J connectivity index is 1.74. The average Bonchev–Trinajstić information content (AvgIpc) is 3.13. The topological polar surface area (TPSA) is 56.3 Å². The quantitative estimate of drug-likeness (QED) is 0.676. The third-order valence-corrected chi connectivity index (χ3v) is 5.55. The first kappa shape index (κ1) is 16.7. The number of nitrogens with zero attached hydrogens (tertiary/aromatic N) is 1. The van der Waals surface area contributed by atoms with Crippen LogP contribution in [0.25, 0.3) is 10.9 Å². The van der Waals surface area contributed by atoms with E-state index in [1.807, 2.05) is 6.20 Å². The van der Waals surface area contributed by atoms with Gasteiger partial charge in [0.25, 0.3) is 0 Å². The van der Waals surface area contributed by atoms with Crippen molar-refractivity contribution in [1.82, 2.24) is 4.98 Å². The highest BCUT2D eigenvalue weighted by molar-refractivity contribution is 5.93. The first-order chi connectivity index (χ1) is 12.6. The molecule has 134 valence electrons. The van der Waals surface area contributed by atoms with E-state index in [9.17, 15) is 9.90 Å². The summed E-state index contributed by atoms with van der Waals surface area (Å²) in [5.41, 5.74) is 4.70. The Morgan fingerprint density at radius 1 is 1.04 bits per heavy atom. The Morgan fingerprint density at radius 2 is 1.77 bits per heavy atom. The summed E-state index contributed by atoms with van der Waals surface area (Å²) < 4.78 is 0. The molecule has 1 aliphatic rings. The first-order valence-corrected chi connectivity index (χ1v) is 9.28. The summed E-state index contributed by atoms with van der Waals surface area (Å²) in [5, 5.41) is 10.5. The SMILES string of the molecule is Cc1ccc(N(c2cccc3cc[nH]c23)C2CCC(C(=O)O)CC2)cc1. The normalized spacial score (nSPS) is 20.2. The fourth-order valence-electron chi connectivity index (χ4n) is 4.10. The number of aryl methyl sites for hydroxylation is 1. The number of benzene rings is 2. The second-order valence-corrected chi connectivity index (χ2v) is 7.27. The smallest absolute Gasteiger partial charge is 0.306 e. The van der Waals surface area contributed by atoms with Crippen molar-refractivity contribution in [2.75, 3.05) is 4.90 Å². The van der Waals surface area contributed by atoms with Crippen molar-refractivity contribution in [3.8, 4) is 0 Å². The van der Waals surface area contributed by atoms with Gasteiger partial charge in [0.15, 0.2) is 0 Å². The molecule has 0 unspecified atom stereocenters. The molecule has 0 saturated heterocycles. The van der Waals surface area contributed by atoms with Gasteiger partial charge in [-0.15, -0.1) is 0 Å². The number of rotatable bonds is 4. The lowest BCUT2D eigenvalue weighted by molar-refractivity contribution is -0.142. The summed E-state index contributed by atoms with van der Waals surface area (Å²) in [6, 6.07) is 17.4. The van der Waals surface area contributed by atoms with Crippen molar-refractivity contribution in [3.05, 3.63) is 60.3 Å². The second kappa shape index (κ2) is 6.87. The zero-order chi connectivity index (χ0) is 18.1. The number of fused-ring (bicyclic) bond motifs is 1. The molecule has 4 nitrogen and oxygen atoms in total. The minimum Gasteiger partial charge on any atom is -0.481 e. The van der Waals surface area contributed by atoms with Gasteiger partial charge in [0.1, 0.15) is 0 Å². The molecule has 4 rings (SSSR count). The van der Waals surface area contributed by atoms with Gasteiger partial charge in [0, 0.05) is 23.3 Å². The Labute approximate surface area is 153 Å². The summed E-state index contributed by atoms with van der Waals surface area (Å²) in [5.74, 6) is -0.857. The molecule has 0 radical (unpaired) electrons. The summed E-state index contributed by atoms with van der Waals surface area (Å²) in [6.45, 7) is 2.10. The van der Waals surface area contributed by atoms with Gasteiger partial charge in [0.2, 0.25) is 0 Å². The summed E-state index contributed by atoms with van der Waals surface area (Å²) in [4.78, 5) is 17.1. The molecule has 0 atom stereocenters. The maximum absolute atomic E-state index is 11.3. The van der Waals surface area contributed by atoms with Crippen molar-refractivity contribution >= 4 is 28.2 Å². The molecular formula is C22H24N2O2. The number of aliphatic carboxylic acids is 1. The third kappa shape index (κ3) is 3.07. The molecule has 3 aromatic rings. The number of para-hydroxylation sites is 1. The molecule has 1 heterocycles. The molecule has 26 heavy (non-hydrogen) atoms. The number of aromatic nitrogens is 1. The number of aromatic amines is 1. The molecule has 2 N–H and O–H groups in total. The van der Waals surface area contributed by atoms with Gasteiger partial charge in [-0.2, -0.15) is 0 Å². The average molecular weight is 348 g/mol. The van der Waals surface area contributed by atoms with Crippen LogP contribution in [0.4, 0.5) is 11.4 Å². The molecule has 1 aliphatic carbocycles. The maximum Gasteiger partial charge on any atom is 0.306 e. The lowest BCUT2D eigenvalue weighted by atomic mass is 9.85. The van der Waals surface area contributed by atoms with Gasteiger partial charge in [0.05, 0.1) is 17.1 Å². The van der Waals surface area contributed by atoms with E-state index in [2.05, 4.69) is 65.3 Å². The highest BCUT2D eigenvalue weighted by atomic mass is 16.4. The second-order valence-electron chi connectivity index (χ2n) is 7.27. The van der Waals surface area contributed by atoms with Crippen LogP contribution in [0.5, 0.6) is 0 Å². The van der Waals surface area contributed by atoms with E-state index in [4.69, 9.17) is 0 Å². The number of anilines is 2. The molecule has 2 aromatic carbocycles. The molecule has 0 bridgehead atoms. The van der Waals surface area contributed by atoms with Gasteiger partial charge in [-0.25, -0.2) is 0 Å². The summed E-state index contributed by atoms with van der Waals surface area (Å²) >= 11 is 0. The van der Waals surface area contributed by atoms with E-state index in [-0.39, 0.29) is 5.92 Å². The standard InChI is InChI=1S/C22H24N2O2/c1-15-5-9-18(10-6-15)24(19-11-7-17(8-12-19)22(25)26)20-4-2-3-16-13-14-23-21(16)20/h2-6,9-10,13-14,17,19,23H,7-8,11-12H2,1H3,(H,25,26). The third-order valence-electron chi connectivity index (χ3n) is 5.55. The van der Waals surface area contributed by atoms with Gasteiger partial charge in [-0.05, 0) is 56.9 Å². The largest absolute Gasteiger partial charge is 0.481 e. The summed E-state index contributed by atoms with van der Waals surface area (Å²) in [6.07, 6.45) is 5.23. The zero-order valence-corrected chi connectivity index (χ0v) is 15.0. The Morgan fingerprint density at radius 3 is 2.46 bits per heavy atom. The molecular weight excluding hydrogens is 324 g/mol. The Kier molecular flexibility index (Phi) is 4.41. The van der Waals surface area contributed by atoms with Gasteiger partial charge in [-0.3, -0.25) is 4.79 Å². The van der Waals surface area contributed by atoms with Crippen molar-refractivity contribution in [2.24, 2.45) is 5.92 Å². The first-order valence-electron chi connectivity index (χ1n) is 9.28. The predicted molar refractivity (Wildman–Crippen MR) is 105 cm³/mol. The molecule has 1 saturated carbocycles. The van der Waals surface area contributed by atoms with Gasteiger partial charge >= 0.3 is 5.97 Å². The molecule has 1 fully saturated rings. The number of carboxylic acid groups (broad SMARTS) is 1. The van der Waals surface area contributed by atoms with E-state index in [0.29, 0.717) is 6.04 Å². The molecule has 0 aliphatic heterocycles. The van der Waals surface area contributed by atoms with Gasteiger partial charge in [-0.1, -0.05) is 29.8 Å². The number of nitrogens with one attached hydrogen (secondary N) is 1. The highest BCUT2D eigenvalue weighted by Gasteiger charge is 2.31. The molecule has 1 aromatic heterocycles. The number of hydrogen-bond acceptors (Lipinski definition) is 2. The number of hydrogen-bond donors (Lipinski definition) is 2. The number of carbonyl (C=O) groups is 1. The van der Waals surface area contributed by atoms with Crippen LogP contribution in [-0.4, -0.2) is 22.1 Å². The minimum atomic E-state index is -0.656. The van der Waals surface area contributed by atoms with Crippen molar-refractivity contribution in [3.63, 3.8) is 0 Å². The molecule has 0 spiro atoms. The van der Waals surface area contributed by atoms with Crippen LogP contribution in [0.15, 0.2) is 54.7 Å². The minimum absolute atomic E-state index is 0.201. The van der Waals surface area contributed by atoms with E-state index >= 15 is 0 Å². The van der Waals surface area contributed by atoms with Crippen molar-refractivity contribution in [2.45, 2.75) is 38.6 Å². The number of H-pyrrole nitrogens is 1. The van der Waals surface area contributed by atoms with Crippen LogP contribution < -0.4 is 4.90 Å². The number of carboxylic acids is 1. The lowest BCUT2D eigenvalue weighted by Crippen LogP contribution is -2.36. The van der Waals surface area contributed by atoms with Crippen LogP contribution in [-0.2, 0) is 4.79 Å². The van der Waals surface area contributed by atoms with E-state index in [1.54, 1.807) is 0 Å². The summed E-state index contributed by atoms with van der Waals surface area (Å²) in [7, 11) is 0. The fraction of sp³-hybridized carbons (Fsp3) is 0.318. The van der Waals surface area contributed by atoms with Crippen molar-refractivity contribution < 1.29 is 9.90 Å². The Hall–Kier alpha value is -2.75. The fourth-order valence-corrected chi connectivity index (χ4v) is 4.10. The lowest BCUT2D eigenvalue weighted by Gasteiger charge is -2.38. The molecule has 0 amide bonds. The van der Waals surface area contributed by atoms with E-state index < -0.39 is 5.97 Å². The highest BCUT2D eigenvalue weighted by Crippen LogP contribution is 2.38. The Bertz CT molecular complexity index is 905. The van der Waals surface area contributed by atoms with Crippen LogP contribution in [0, 0.1) is 12.8 Å². The van der Waals surface area contributed by atoms with Crippen LogP contribution in [0.1, 0.15) is 31.2 Å². The zero-order valence-electron chi connectivity index (χ0n) is 15.0. The van der Waals surface area contributed by atoms with Gasteiger partial charge < -0.3 is 15.0 Å².